The molecule has 2 aliphatic rings. The van der Waals surface area contributed by atoms with Crippen molar-refractivity contribution in [1.82, 2.24) is 19.4 Å². The van der Waals surface area contributed by atoms with E-state index in [1.807, 2.05) is 16.4 Å². The van der Waals surface area contributed by atoms with Crippen molar-refractivity contribution in [2.24, 2.45) is 0 Å². The molecule has 0 aromatic carbocycles. The van der Waals surface area contributed by atoms with E-state index >= 15 is 0 Å². The predicted octanol–water partition coefficient (Wildman–Crippen LogP) is 1.14. The van der Waals surface area contributed by atoms with Gasteiger partial charge in [0.2, 0.25) is 5.91 Å². The fourth-order valence-electron chi connectivity index (χ4n) is 3.70. The number of aryl methyl sites for hydroxylation is 1. The third-order valence-corrected chi connectivity index (χ3v) is 5.21. The Morgan fingerprint density at radius 1 is 1.28 bits per heavy atom. The fourth-order valence-corrected chi connectivity index (χ4v) is 3.70. The number of halogens is 2. The molecule has 6 nitrogen and oxygen atoms in total. The average Bonchev–Trinajstić information content (AvgIpc) is 3.16. The van der Waals surface area contributed by atoms with E-state index in [-0.39, 0.29) is 44.9 Å². The highest BCUT2D eigenvalue weighted by Gasteiger charge is 2.42. The van der Waals surface area contributed by atoms with Crippen molar-refractivity contribution in [3.05, 3.63) is 18.2 Å². The van der Waals surface area contributed by atoms with Gasteiger partial charge in [-0.1, -0.05) is 6.92 Å². The van der Waals surface area contributed by atoms with Gasteiger partial charge in [0.25, 0.3) is 5.92 Å². The van der Waals surface area contributed by atoms with Gasteiger partial charge in [0, 0.05) is 57.8 Å². The first-order valence-corrected chi connectivity index (χ1v) is 8.91. The number of β-amino-alcohol motifs (C(OH)–C–C–N with tert-alkyl or cyclic N) is 1. The molecular weight excluding hydrogens is 330 g/mol. The van der Waals surface area contributed by atoms with Gasteiger partial charge in [-0.2, -0.15) is 0 Å². The monoisotopic (exact) mass is 356 g/mol. The molecule has 0 saturated carbocycles. The number of carbonyl (C=O) groups is 1. The molecule has 3 heterocycles. The van der Waals surface area contributed by atoms with E-state index in [2.05, 4.69) is 4.98 Å². The van der Waals surface area contributed by atoms with E-state index in [1.165, 1.54) is 0 Å². The first-order chi connectivity index (χ1) is 11.8. The summed E-state index contributed by atoms with van der Waals surface area (Å²) in [7, 11) is 0. The molecule has 8 heteroatoms. The van der Waals surface area contributed by atoms with Crippen LogP contribution in [0.1, 0.15) is 32.0 Å². The zero-order chi connectivity index (χ0) is 18.1. The number of alkyl halides is 2. The molecule has 25 heavy (non-hydrogen) atoms. The molecule has 1 aromatic rings. The minimum atomic E-state index is -2.58. The lowest BCUT2D eigenvalue weighted by Crippen LogP contribution is -2.49. The number of carbonyl (C=O) groups excluding carboxylic acids is 1. The average molecular weight is 356 g/mol. The van der Waals surface area contributed by atoms with Crippen LogP contribution >= 0.6 is 0 Å². The van der Waals surface area contributed by atoms with Crippen LogP contribution in [0.25, 0.3) is 0 Å². The Hall–Kier alpha value is -1.54. The van der Waals surface area contributed by atoms with Gasteiger partial charge < -0.3 is 14.6 Å². The quantitative estimate of drug-likeness (QED) is 0.860. The number of imidazole rings is 1. The Kier molecular flexibility index (Phi) is 5.11. The van der Waals surface area contributed by atoms with E-state index in [0.29, 0.717) is 19.5 Å². The maximum atomic E-state index is 13.2. The molecule has 0 aliphatic carbocycles. The third-order valence-electron chi connectivity index (χ3n) is 5.21. The van der Waals surface area contributed by atoms with Gasteiger partial charge >= 0.3 is 0 Å². The van der Waals surface area contributed by atoms with Crippen LogP contribution in [-0.2, 0) is 17.8 Å². The molecule has 2 fully saturated rings. The zero-order valence-corrected chi connectivity index (χ0v) is 14.6. The molecule has 3 rings (SSSR count). The number of nitrogens with zero attached hydrogens (tertiary/aromatic N) is 4. The minimum Gasteiger partial charge on any atom is -0.387 e. The number of amides is 1. The van der Waals surface area contributed by atoms with E-state index in [1.54, 1.807) is 17.3 Å². The largest absolute Gasteiger partial charge is 0.387 e. The van der Waals surface area contributed by atoms with Crippen molar-refractivity contribution in [3.63, 3.8) is 0 Å². The molecule has 2 saturated heterocycles. The molecule has 1 atom stereocenters. The molecule has 1 aromatic heterocycles. The summed E-state index contributed by atoms with van der Waals surface area (Å²) in [6.45, 7) is 3.88. The summed E-state index contributed by atoms with van der Waals surface area (Å²) in [5.74, 6) is -1.77. The lowest BCUT2D eigenvalue weighted by Gasteiger charge is -2.36. The van der Waals surface area contributed by atoms with Crippen molar-refractivity contribution < 1.29 is 18.7 Å². The van der Waals surface area contributed by atoms with E-state index < -0.39 is 11.5 Å². The van der Waals surface area contributed by atoms with E-state index in [9.17, 15) is 18.7 Å². The van der Waals surface area contributed by atoms with Crippen LogP contribution in [0.5, 0.6) is 0 Å². The van der Waals surface area contributed by atoms with Crippen LogP contribution in [0.4, 0.5) is 8.78 Å². The molecular formula is C17H26F2N4O2. The number of hydrogen-bond donors (Lipinski definition) is 1. The van der Waals surface area contributed by atoms with E-state index in [0.717, 1.165) is 12.2 Å². The van der Waals surface area contributed by atoms with Gasteiger partial charge in [-0.3, -0.25) is 9.69 Å². The van der Waals surface area contributed by atoms with Gasteiger partial charge in [0.05, 0.1) is 12.1 Å². The number of hydrogen-bond acceptors (Lipinski definition) is 4. The van der Waals surface area contributed by atoms with Crippen molar-refractivity contribution in [2.45, 2.75) is 50.7 Å². The summed E-state index contributed by atoms with van der Waals surface area (Å²) in [5.41, 5.74) is -1.01. The predicted molar refractivity (Wildman–Crippen MR) is 88.4 cm³/mol. The summed E-state index contributed by atoms with van der Waals surface area (Å²) in [6, 6.07) is 0. The second kappa shape index (κ2) is 6.99. The van der Waals surface area contributed by atoms with Crippen LogP contribution < -0.4 is 0 Å². The highest BCUT2D eigenvalue weighted by atomic mass is 19.3. The van der Waals surface area contributed by atoms with Crippen LogP contribution in [0.2, 0.25) is 0 Å². The lowest BCUT2D eigenvalue weighted by molar-refractivity contribution is -0.132. The van der Waals surface area contributed by atoms with E-state index in [4.69, 9.17) is 0 Å². The maximum absolute atomic E-state index is 13.2. The van der Waals surface area contributed by atoms with Crippen LogP contribution in [0.15, 0.2) is 12.4 Å². The molecule has 0 unspecified atom stereocenters. The van der Waals surface area contributed by atoms with Crippen molar-refractivity contribution in [3.8, 4) is 0 Å². The smallest absolute Gasteiger partial charge is 0.250 e. The first-order valence-electron chi connectivity index (χ1n) is 8.91. The second-order valence-electron chi connectivity index (χ2n) is 7.25. The molecule has 2 aliphatic heterocycles. The Morgan fingerprint density at radius 2 is 2.00 bits per heavy atom. The minimum absolute atomic E-state index is 0.0474. The van der Waals surface area contributed by atoms with Gasteiger partial charge in [-0.15, -0.1) is 0 Å². The number of likely N-dealkylation sites (tertiary alicyclic amines) is 2. The fraction of sp³-hybridized carbons (Fsp3) is 0.765. The Labute approximate surface area is 146 Å². The topological polar surface area (TPSA) is 61.6 Å². The molecule has 0 spiro atoms. The van der Waals surface area contributed by atoms with Crippen LogP contribution in [0, 0.1) is 0 Å². The summed E-state index contributed by atoms with van der Waals surface area (Å²) in [5, 5.41) is 10.8. The van der Waals surface area contributed by atoms with Gasteiger partial charge in [-0.05, 0) is 6.42 Å². The van der Waals surface area contributed by atoms with Gasteiger partial charge in [0.15, 0.2) is 0 Å². The SMILES string of the molecule is CCc1nccn1CC(=O)N1CC[C@](O)(CN2CCC(F)(F)CC2)C1. The number of aliphatic hydroxyl groups is 1. The second-order valence-corrected chi connectivity index (χ2v) is 7.25. The normalized spacial score (nSPS) is 27.0. The summed E-state index contributed by atoms with van der Waals surface area (Å²) in [4.78, 5) is 20.3. The Balaban J connectivity index is 1.52. The van der Waals surface area contributed by atoms with Crippen molar-refractivity contribution in [2.75, 3.05) is 32.7 Å². The highest BCUT2D eigenvalue weighted by molar-refractivity contribution is 5.76. The van der Waals surface area contributed by atoms with Crippen LogP contribution in [-0.4, -0.2) is 74.6 Å². The Bertz CT molecular complexity index is 612. The lowest BCUT2D eigenvalue weighted by atomic mass is 10.00. The number of piperidine rings is 1. The zero-order valence-electron chi connectivity index (χ0n) is 14.6. The first kappa shape index (κ1) is 18.3. The number of aromatic nitrogens is 2. The van der Waals surface area contributed by atoms with Crippen molar-refractivity contribution in [1.29, 1.82) is 0 Å². The Morgan fingerprint density at radius 3 is 2.68 bits per heavy atom. The molecule has 1 N–H and O–H groups in total. The maximum Gasteiger partial charge on any atom is 0.250 e. The molecule has 0 bridgehead atoms. The van der Waals surface area contributed by atoms with Gasteiger partial charge in [0.1, 0.15) is 12.4 Å². The molecule has 0 radical (unpaired) electrons. The molecule has 140 valence electrons. The summed E-state index contributed by atoms with van der Waals surface area (Å²) in [6.07, 6.45) is 4.38. The summed E-state index contributed by atoms with van der Waals surface area (Å²) < 4.78 is 28.3. The van der Waals surface area contributed by atoms with Crippen molar-refractivity contribution >= 4 is 5.91 Å². The standard InChI is InChI=1S/C17H26F2N4O2/c1-2-14-20-6-10-22(14)11-15(24)23-9-3-16(25,13-23)12-21-7-4-17(18,19)5-8-21/h6,10,25H,2-5,7-9,11-13H2,1H3/t16-/m0/s1. The molecule has 1 amide bonds. The third kappa shape index (κ3) is 4.36. The van der Waals surface area contributed by atoms with Gasteiger partial charge in [-0.25, -0.2) is 13.8 Å². The number of rotatable bonds is 5. The highest BCUT2D eigenvalue weighted by Crippen LogP contribution is 2.30. The summed E-state index contributed by atoms with van der Waals surface area (Å²) >= 11 is 0. The van der Waals surface area contributed by atoms with Crippen LogP contribution in [0.3, 0.4) is 0 Å².